The Bertz CT molecular complexity index is 714. The molecular formula is C21H29NO6S. The van der Waals surface area contributed by atoms with Crippen LogP contribution >= 0.6 is 11.8 Å². The monoisotopic (exact) mass is 423 g/mol. The van der Waals surface area contributed by atoms with Gasteiger partial charge in [-0.1, -0.05) is 36.9 Å². The molecule has 0 heterocycles. The van der Waals surface area contributed by atoms with Crippen LogP contribution in [0.15, 0.2) is 30.3 Å². The van der Waals surface area contributed by atoms with Crippen LogP contribution in [-0.2, 0) is 23.9 Å². The second-order valence-corrected chi connectivity index (χ2v) is 8.78. The van der Waals surface area contributed by atoms with Crippen LogP contribution in [0.2, 0.25) is 0 Å². The molecule has 1 atom stereocenters. The molecule has 1 unspecified atom stereocenters. The Morgan fingerprint density at radius 2 is 1.69 bits per heavy atom. The van der Waals surface area contributed by atoms with Crippen molar-refractivity contribution >= 4 is 34.7 Å². The van der Waals surface area contributed by atoms with E-state index >= 15 is 0 Å². The maximum atomic E-state index is 12.8. The molecule has 0 saturated heterocycles. The zero-order valence-corrected chi connectivity index (χ0v) is 18.4. The molecular weight excluding hydrogens is 394 g/mol. The fourth-order valence-corrected chi connectivity index (χ4v) is 2.95. The normalized spacial score (nSPS) is 12.0. The van der Waals surface area contributed by atoms with Gasteiger partial charge in [0.2, 0.25) is 5.91 Å². The molecule has 0 saturated carbocycles. The highest BCUT2D eigenvalue weighted by atomic mass is 32.2. The number of thioether (sulfide) groups is 1. The van der Waals surface area contributed by atoms with Gasteiger partial charge >= 0.3 is 11.9 Å². The van der Waals surface area contributed by atoms with Gasteiger partial charge in [0.15, 0.2) is 5.12 Å². The molecule has 7 nitrogen and oxygen atoms in total. The summed E-state index contributed by atoms with van der Waals surface area (Å²) in [5, 5.41) is -0.0882. The van der Waals surface area contributed by atoms with Crippen molar-refractivity contribution in [2.75, 3.05) is 18.8 Å². The number of carbonyl (C=O) groups is 4. The first-order valence-corrected chi connectivity index (χ1v) is 10.4. The van der Waals surface area contributed by atoms with Gasteiger partial charge in [-0.05, 0) is 32.9 Å². The van der Waals surface area contributed by atoms with E-state index in [2.05, 4.69) is 0 Å². The molecule has 1 amide bonds. The van der Waals surface area contributed by atoms with Gasteiger partial charge in [0.25, 0.3) is 0 Å². The van der Waals surface area contributed by atoms with Crippen molar-refractivity contribution in [1.82, 2.24) is 4.90 Å². The summed E-state index contributed by atoms with van der Waals surface area (Å²) >= 11 is 1.05. The zero-order chi connectivity index (χ0) is 22.0. The summed E-state index contributed by atoms with van der Waals surface area (Å²) < 4.78 is 10.5. The molecule has 0 spiro atoms. The lowest BCUT2D eigenvalue weighted by Crippen LogP contribution is -2.43. The number of hydrogen-bond donors (Lipinski definition) is 0. The molecule has 0 radical (unpaired) electrons. The van der Waals surface area contributed by atoms with Crippen LogP contribution < -0.4 is 4.74 Å². The summed E-state index contributed by atoms with van der Waals surface area (Å²) in [6, 6.07) is 8.61. The highest BCUT2D eigenvalue weighted by molar-refractivity contribution is 8.13. The third kappa shape index (κ3) is 10.7. The van der Waals surface area contributed by atoms with E-state index in [0.29, 0.717) is 11.5 Å². The largest absolute Gasteiger partial charge is 0.459 e. The summed E-state index contributed by atoms with van der Waals surface area (Å²) in [6.45, 7) is 8.06. The summed E-state index contributed by atoms with van der Waals surface area (Å²) in [5.41, 5.74) is -0.686. The minimum absolute atomic E-state index is 0.0127. The molecule has 0 N–H and O–H groups in total. The summed E-state index contributed by atoms with van der Waals surface area (Å²) in [4.78, 5) is 49.5. The number of esters is 2. The minimum atomic E-state index is -0.686. The van der Waals surface area contributed by atoms with E-state index in [9.17, 15) is 19.2 Å². The fourth-order valence-electron chi connectivity index (χ4n) is 2.32. The van der Waals surface area contributed by atoms with Gasteiger partial charge in [0.1, 0.15) is 17.9 Å². The number of rotatable bonds is 9. The number of hydrogen-bond acceptors (Lipinski definition) is 7. The van der Waals surface area contributed by atoms with Gasteiger partial charge in [-0.15, -0.1) is 0 Å². The Morgan fingerprint density at radius 3 is 2.24 bits per heavy atom. The van der Waals surface area contributed by atoms with Gasteiger partial charge < -0.3 is 14.4 Å². The van der Waals surface area contributed by atoms with Crippen LogP contribution in [0, 0.1) is 5.92 Å². The first-order valence-electron chi connectivity index (χ1n) is 9.37. The average Bonchev–Trinajstić information content (AvgIpc) is 2.61. The highest BCUT2D eigenvalue weighted by Gasteiger charge is 2.26. The lowest BCUT2D eigenvalue weighted by Gasteiger charge is -2.27. The van der Waals surface area contributed by atoms with Crippen molar-refractivity contribution in [3.8, 4) is 5.75 Å². The van der Waals surface area contributed by atoms with E-state index in [-0.39, 0.29) is 30.5 Å². The number of amides is 1. The van der Waals surface area contributed by atoms with Crippen LogP contribution in [0.5, 0.6) is 5.75 Å². The second kappa shape index (κ2) is 11.6. The Kier molecular flexibility index (Phi) is 9.88. The van der Waals surface area contributed by atoms with Gasteiger partial charge in [0.05, 0.1) is 6.42 Å². The number of para-hydroxylation sites is 1. The molecule has 8 heteroatoms. The molecule has 1 rings (SSSR count). The minimum Gasteiger partial charge on any atom is -0.459 e. The van der Waals surface area contributed by atoms with Crippen molar-refractivity contribution in [3.05, 3.63) is 30.3 Å². The fraction of sp³-hybridized carbons (Fsp3) is 0.524. The summed E-state index contributed by atoms with van der Waals surface area (Å²) in [5.74, 6) is -1.17. The molecule has 1 aromatic rings. The molecule has 0 aromatic heterocycles. The van der Waals surface area contributed by atoms with E-state index in [4.69, 9.17) is 9.47 Å². The number of nitrogens with zero attached hydrogens (tertiary/aromatic N) is 1. The van der Waals surface area contributed by atoms with E-state index in [1.54, 1.807) is 58.0 Å². The molecule has 0 aliphatic heterocycles. The maximum absolute atomic E-state index is 12.8. The Labute approximate surface area is 176 Å². The number of ether oxygens (including phenoxy) is 2. The molecule has 160 valence electrons. The third-order valence-corrected chi connectivity index (χ3v) is 4.64. The Morgan fingerprint density at radius 1 is 1.07 bits per heavy atom. The molecule has 29 heavy (non-hydrogen) atoms. The molecule has 0 fully saturated rings. The van der Waals surface area contributed by atoms with Crippen molar-refractivity contribution < 1.29 is 28.7 Å². The molecule has 0 aliphatic carbocycles. The van der Waals surface area contributed by atoms with E-state index in [0.717, 1.165) is 11.8 Å². The van der Waals surface area contributed by atoms with Gasteiger partial charge in [-0.25, -0.2) is 0 Å². The Hall–Kier alpha value is -2.35. The van der Waals surface area contributed by atoms with E-state index < -0.39 is 23.5 Å². The second-order valence-electron chi connectivity index (χ2n) is 7.59. The summed E-state index contributed by atoms with van der Waals surface area (Å²) in [6.07, 6.45) is -0.0734. The third-order valence-electron chi connectivity index (χ3n) is 3.57. The Balaban J connectivity index is 2.74. The number of carbonyl (C=O) groups excluding carboxylic acids is 4. The quantitative estimate of drug-likeness (QED) is 0.445. The van der Waals surface area contributed by atoms with Crippen LogP contribution in [0.25, 0.3) is 0 Å². The summed E-state index contributed by atoms with van der Waals surface area (Å²) in [7, 11) is 0. The molecule has 0 aliphatic rings. The number of benzene rings is 1. The van der Waals surface area contributed by atoms with Gasteiger partial charge in [-0.2, -0.15) is 0 Å². The van der Waals surface area contributed by atoms with Crippen LogP contribution in [0.3, 0.4) is 0 Å². The van der Waals surface area contributed by atoms with Gasteiger partial charge in [0, 0.05) is 25.1 Å². The van der Waals surface area contributed by atoms with Crippen LogP contribution in [-0.4, -0.2) is 52.3 Å². The first kappa shape index (κ1) is 24.7. The predicted molar refractivity (Wildman–Crippen MR) is 111 cm³/mol. The molecule has 0 bridgehead atoms. The zero-order valence-electron chi connectivity index (χ0n) is 17.6. The molecule has 1 aromatic carbocycles. The lowest BCUT2D eigenvalue weighted by molar-refractivity contribution is -0.159. The SMILES string of the molecule is CC(=O)SCC(C)C(=O)N(CCC(=O)Oc1ccccc1)CC(=O)OC(C)(C)C. The van der Waals surface area contributed by atoms with Crippen LogP contribution in [0.1, 0.15) is 41.0 Å². The standard InChI is InChI=1S/C21H29NO6S/c1-15(14-29-16(2)23)20(26)22(13-19(25)28-21(3,4)5)12-11-18(24)27-17-9-7-6-8-10-17/h6-10,15H,11-14H2,1-5H3. The topological polar surface area (TPSA) is 90.0 Å². The van der Waals surface area contributed by atoms with Crippen LogP contribution in [0.4, 0.5) is 0 Å². The van der Waals surface area contributed by atoms with E-state index in [1.807, 2.05) is 0 Å². The smallest absolute Gasteiger partial charge is 0.326 e. The van der Waals surface area contributed by atoms with Crippen molar-refractivity contribution in [2.45, 2.75) is 46.6 Å². The highest BCUT2D eigenvalue weighted by Crippen LogP contribution is 2.15. The average molecular weight is 424 g/mol. The predicted octanol–water partition coefficient (Wildman–Crippen LogP) is 3.07. The van der Waals surface area contributed by atoms with Gasteiger partial charge in [-0.3, -0.25) is 19.2 Å². The van der Waals surface area contributed by atoms with E-state index in [1.165, 1.54) is 11.8 Å². The lowest BCUT2D eigenvalue weighted by atomic mass is 10.1. The maximum Gasteiger partial charge on any atom is 0.326 e. The van der Waals surface area contributed by atoms with Crippen molar-refractivity contribution in [3.63, 3.8) is 0 Å². The van der Waals surface area contributed by atoms with Crippen molar-refractivity contribution in [2.24, 2.45) is 5.92 Å². The first-order chi connectivity index (χ1) is 13.5. The van der Waals surface area contributed by atoms with Crippen molar-refractivity contribution in [1.29, 1.82) is 0 Å².